The molecule has 2 saturated carbocycles. The van der Waals surface area contributed by atoms with Crippen LogP contribution in [0.1, 0.15) is 52.4 Å². The molecule has 0 aromatic heterocycles. The largest absolute Gasteiger partial charge is 0.385 e. The molecule has 2 heteroatoms. The van der Waals surface area contributed by atoms with Crippen LogP contribution in [0.15, 0.2) is 23.8 Å². The molecule has 0 radical (unpaired) electrons. The Morgan fingerprint density at radius 1 is 1.14 bits per heavy atom. The highest BCUT2D eigenvalue weighted by molar-refractivity contribution is 5.91. The summed E-state index contributed by atoms with van der Waals surface area (Å²) in [7, 11) is 0. The molecule has 0 spiro atoms. The summed E-state index contributed by atoms with van der Waals surface area (Å²) in [5, 5.41) is 10.8. The number of hydrogen-bond acceptors (Lipinski definition) is 2. The summed E-state index contributed by atoms with van der Waals surface area (Å²) in [4.78, 5) is 11.7. The molecule has 0 aliphatic heterocycles. The van der Waals surface area contributed by atoms with E-state index in [2.05, 4.69) is 19.1 Å². The van der Waals surface area contributed by atoms with Crippen molar-refractivity contribution in [2.24, 2.45) is 29.1 Å². The van der Waals surface area contributed by atoms with Crippen LogP contribution in [0.25, 0.3) is 0 Å². The van der Waals surface area contributed by atoms with Gasteiger partial charge in [-0.05, 0) is 68.8 Å². The van der Waals surface area contributed by atoms with E-state index in [9.17, 15) is 9.90 Å². The van der Waals surface area contributed by atoms with E-state index in [4.69, 9.17) is 0 Å². The van der Waals surface area contributed by atoms with Gasteiger partial charge in [0.1, 0.15) is 0 Å². The van der Waals surface area contributed by atoms with Crippen molar-refractivity contribution in [3.8, 4) is 0 Å². The van der Waals surface area contributed by atoms with Crippen molar-refractivity contribution in [3.05, 3.63) is 23.8 Å². The lowest BCUT2D eigenvalue weighted by Gasteiger charge is -2.55. The van der Waals surface area contributed by atoms with Crippen molar-refractivity contribution in [1.29, 1.82) is 0 Å². The predicted octanol–water partition coefficient (Wildman–Crippen LogP) is 3.66. The molecule has 4 aliphatic carbocycles. The standard InChI is InChI=1S/C19H26O2/c1-18-9-7-15-14-6-4-13(20)11-12(14)3-5-16(15)17(18)8-10-19(18,2)21/h8,10-11,14-17,21H,3-7,9H2,1-2H3/t14-,15+,16+,17-,18-,19-/m0/s1. The molecule has 21 heavy (non-hydrogen) atoms. The number of allylic oxidation sites excluding steroid dienone is 3. The Balaban J connectivity index is 1.66. The topological polar surface area (TPSA) is 37.3 Å². The number of hydrogen-bond donors (Lipinski definition) is 1. The third-order valence-corrected chi connectivity index (χ3v) is 7.34. The van der Waals surface area contributed by atoms with Gasteiger partial charge in [0.25, 0.3) is 0 Å². The average Bonchev–Trinajstić information content (AvgIpc) is 2.69. The molecule has 0 aromatic rings. The lowest BCUT2D eigenvalue weighted by Crippen LogP contribution is -2.52. The van der Waals surface area contributed by atoms with Crippen LogP contribution in [0, 0.1) is 29.1 Å². The Morgan fingerprint density at radius 3 is 2.76 bits per heavy atom. The number of aliphatic hydroxyl groups is 1. The summed E-state index contributed by atoms with van der Waals surface area (Å²) in [5.74, 6) is 2.93. The molecule has 2 nitrogen and oxygen atoms in total. The van der Waals surface area contributed by atoms with Gasteiger partial charge in [-0.25, -0.2) is 0 Å². The Morgan fingerprint density at radius 2 is 1.95 bits per heavy atom. The molecule has 6 atom stereocenters. The minimum atomic E-state index is -0.652. The zero-order valence-electron chi connectivity index (χ0n) is 13.1. The third-order valence-electron chi connectivity index (χ3n) is 7.34. The second-order valence-corrected chi connectivity index (χ2v) is 8.19. The maximum Gasteiger partial charge on any atom is 0.155 e. The van der Waals surface area contributed by atoms with Crippen LogP contribution in [-0.2, 0) is 4.79 Å². The molecule has 4 aliphatic rings. The van der Waals surface area contributed by atoms with E-state index in [0.29, 0.717) is 23.5 Å². The molecule has 1 N–H and O–H groups in total. The summed E-state index contributed by atoms with van der Waals surface area (Å²) in [5.41, 5.74) is 0.797. The second kappa shape index (κ2) is 4.32. The molecule has 0 amide bonds. The van der Waals surface area contributed by atoms with E-state index >= 15 is 0 Å². The molecule has 2 fully saturated rings. The van der Waals surface area contributed by atoms with E-state index in [1.165, 1.54) is 18.4 Å². The van der Waals surface area contributed by atoms with Gasteiger partial charge >= 0.3 is 0 Å². The highest BCUT2D eigenvalue weighted by Crippen LogP contribution is 2.62. The smallest absolute Gasteiger partial charge is 0.155 e. The van der Waals surface area contributed by atoms with Crippen LogP contribution in [0.4, 0.5) is 0 Å². The number of ketones is 1. The van der Waals surface area contributed by atoms with Gasteiger partial charge in [-0.2, -0.15) is 0 Å². The Hall–Kier alpha value is -0.890. The number of fused-ring (bicyclic) bond motifs is 5. The lowest BCUT2D eigenvalue weighted by molar-refractivity contribution is -0.116. The van der Waals surface area contributed by atoms with E-state index in [1.807, 2.05) is 13.0 Å². The van der Waals surface area contributed by atoms with Crippen molar-refractivity contribution < 1.29 is 9.90 Å². The maximum atomic E-state index is 11.7. The minimum absolute atomic E-state index is 0.0138. The molecule has 4 rings (SSSR count). The van der Waals surface area contributed by atoms with Gasteiger partial charge in [0, 0.05) is 11.8 Å². The van der Waals surface area contributed by atoms with Crippen molar-refractivity contribution in [3.63, 3.8) is 0 Å². The Labute approximate surface area is 127 Å². The first-order valence-corrected chi connectivity index (χ1v) is 8.57. The van der Waals surface area contributed by atoms with Crippen LogP contribution in [-0.4, -0.2) is 16.5 Å². The van der Waals surface area contributed by atoms with E-state index in [0.717, 1.165) is 31.6 Å². The summed E-state index contributed by atoms with van der Waals surface area (Å²) >= 11 is 0. The maximum absolute atomic E-state index is 11.7. The normalized spacial score (nSPS) is 52.0. The van der Waals surface area contributed by atoms with Gasteiger partial charge in [-0.1, -0.05) is 24.6 Å². The molecule has 114 valence electrons. The zero-order chi connectivity index (χ0) is 14.8. The van der Waals surface area contributed by atoms with Gasteiger partial charge in [0.2, 0.25) is 0 Å². The average molecular weight is 286 g/mol. The van der Waals surface area contributed by atoms with E-state index < -0.39 is 5.60 Å². The number of rotatable bonds is 0. The first-order chi connectivity index (χ1) is 9.92. The van der Waals surface area contributed by atoms with Gasteiger partial charge in [0.15, 0.2) is 5.78 Å². The van der Waals surface area contributed by atoms with Crippen LogP contribution < -0.4 is 0 Å². The van der Waals surface area contributed by atoms with Crippen LogP contribution in [0.3, 0.4) is 0 Å². The highest BCUT2D eigenvalue weighted by atomic mass is 16.3. The van der Waals surface area contributed by atoms with Crippen LogP contribution >= 0.6 is 0 Å². The number of carbonyl (C=O) groups excluding carboxylic acids is 1. The van der Waals surface area contributed by atoms with Gasteiger partial charge in [-0.3, -0.25) is 4.79 Å². The van der Waals surface area contributed by atoms with Crippen LogP contribution in [0.2, 0.25) is 0 Å². The van der Waals surface area contributed by atoms with E-state index in [1.54, 1.807) is 0 Å². The molecule has 0 unspecified atom stereocenters. The van der Waals surface area contributed by atoms with Crippen molar-refractivity contribution in [1.82, 2.24) is 0 Å². The molecule has 0 aromatic carbocycles. The summed E-state index contributed by atoms with van der Waals surface area (Å²) in [6.45, 7) is 4.26. The summed E-state index contributed by atoms with van der Waals surface area (Å²) < 4.78 is 0. The third kappa shape index (κ3) is 1.78. The zero-order valence-corrected chi connectivity index (χ0v) is 13.1. The monoisotopic (exact) mass is 286 g/mol. The van der Waals surface area contributed by atoms with E-state index in [-0.39, 0.29) is 5.41 Å². The molecule has 0 heterocycles. The Bertz CT molecular complexity index is 542. The molecule has 0 saturated heterocycles. The Kier molecular flexibility index (Phi) is 2.83. The molecular weight excluding hydrogens is 260 g/mol. The highest BCUT2D eigenvalue weighted by Gasteiger charge is 2.58. The molecular formula is C19H26O2. The SMILES string of the molecule is C[C@]1(O)C=C[C@H]2[C@@H]3CCC4=CC(=O)CC[C@@H]4[C@H]3CC[C@@]21C. The van der Waals surface area contributed by atoms with Gasteiger partial charge in [0.05, 0.1) is 5.60 Å². The minimum Gasteiger partial charge on any atom is -0.385 e. The van der Waals surface area contributed by atoms with Crippen molar-refractivity contribution in [2.45, 2.75) is 58.0 Å². The lowest BCUT2D eigenvalue weighted by atomic mass is 9.50. The van der Waals surface area contributed by atoms with Gasteiger partial charge in [-0.15, -0.1) is 0 Å². The first kappa shape index (κ1) is 13.8. The first-order valence-electron chi connectivity index (χ1n) is 8.57. The van der Waals surface area contributed by atoms with Crippen molar-refractivity contribution in [2.75, 3.05) is 0 Å². The van der Waals surface area contributed by atoms with Gasteiger partial charge < -0.3 is 5.11 Å². The predicted molar refractivity (Wildman–Crippen MR) is 82.6 cm³/mol. The summed E-state index contributed by atoms with van der Waals surface area (Å²) in [6.07, 6.45) is 12.7. The fourth-order valence-electron chi connectivity index (χ4n) is 5.86. The fourth-order valence-corrected chi connectivity index (χ4v) is 5.86. The van der Waals surface area contributed by atoms with Crippen LogP contribution in [0.5, 0.6) is 0 Å². The summed E-state index contributed by atoms with van der Waals surface area (Å²) in [6, 6.07) is 0. The molecule has 0 bridgehead atoms. The number of carbonyl (C=O) groups is 1. The second-order valence-electron chi connectivity index (χ2n) is 8.19. The fraction of sp³-hybridized carbons (Fsp3) is 0.737. The van der Waals surface area contributed by atoms with Crippen molar-refractivity contribution >= 4 is 5.78 Å². The quantitative estimate of drug-likeness (QED) is 0.690.